The molecule has 1 heterocycles. The predicted octanol–water partition coefficient (Wildman–Crippen LogP) is 3.17. The van der Waals surface area contributed by atoms with Crippen molar-refractivity contribution >= 4 is 22.6 Å². The normalized spacial score (nSPS) is 10.4. The van der Waals surface area contributed by atoms with Gasteiger partial charge in [0.2, 0.25) is 0 Å². The van der Waals surface area contributed by atoms with E-state index in [-0.39, 0.29) is 0 Å². The van der Waals surface area contributed by atoms with Gasteiger partial charge in [-0.25, -0.2) is 0 Å². The largest absolute Gasteiger partial charge is 0.272 e. The monoisotopic (exact) mass is 298 g/mol. The average molecular weight is 298 g/mol. The Morgan fingerprint density at radius 2 is 2.14 bits per heavy atom. The van der Waals surface area contributed by atoms with Gasteiger partial charge in [0.1, 0.15) is 0 Å². The van der Waals surface area contributed by atoms with E-state index in [4.69, 9.17) is 0 Å². The number of benzene rings is 1. The zero-order chi connectivity index (χ0) is 9.97. The van der Waals surface area contributed by atoms with Gasteiger partial charge in [-0.15, -0.1) is 0 Å². The summed E-state index contributed by atoms with van der Waals surface area (Å²) in [6.45, 7) is 3.01. The summed E-state index contributed by atoms with van der Waals surface area (Å²) in [5, 5.41) is 4.27. The zero-order valence-electron chi connectivity index (χ0n) is 7.94. The fourth-order valence-electron chi connectivity index (χ4n) is 1.37. The second-order valence-corrected chi connectivity index (χ2v) is 4.23. The lowest BCUT2D eigenvalue weighted by Crippen LogP contribution is -1.92. The maximum absolute atomic E-state index is 4.27. The number of rotatable bonds is 2. The van der Waals surface area contributed by atoms with E-state index >= 15 is 0 Å². The Bertz CT molecular complexity index is 434. The van der Waals surface area contributed by atoms with E-state index in [2.05, 4.69) is 65.1 Å². The summed E-state index contributed by atoms with van der Waals surface area (Å²) in [5.74, 6) is 0. The molecule has 0 aliphatic rings. The maximum Gasteiger partial charge on any atom is 0.0568 e. The Kier molecular flexibility index (Phi) is 2.86. The fraction of sp³-hybridized carbons (Fsp3) is 0.182. The van der Waals surface area contributed by atoms with E-state index in [1.54, 1.807) is 0 Å². The van der Waals surface area contributed by atoms with Crippen molar-refractivity contribution in [3.63, 3.8) is 0 Å². The molecule has 2 aromatic rings. The minimum atomic E-state index is 0.920. The molecule has 1 aromatic carbocycles. The molecule has 2 rings (SSSR count). The molecule has 3 heteroatoms. The van der Waals surface area contributed by atoms with Crippen molar-refractivity contribution in [1.29, 1.82) is 0 Å². The van der Waals surface area contributed by atoms with E-state index in [0.717, 1.165) is 6.54 Å². The average Bonchev–Trinajstić information content (AvgIpc) is 2.67. The van der Waals surface area contributed by atoms with Crippen LogP contribution in [0.15, 0.2) is 36.7 Å². The van der Waals surface area contributed by atoms with Crippen LogP contribution in [-0.4, -0.2) is 9.78 Å². The number of aromatic nitrogens is 2. The molecule has 0 N–H and O–H groups in total. The highest BCUT2D eigenvalue weighted by Crippen LogP contribution is 2.24. The summed E-state index contributed by atoms with van der Waals surface area (Å²) >= 11 is 2.35. The molecule has 0 atom stereocenters. The van der Waals surface area contributed by atoms with E-state index in [9.17, 15) is 0 Å². The second kappa shape index (κ2) is 4.13. The van der Waals surface area contributed by atoms with Gasteiger partial charge in [0.15, 0.2) is 0 Å². The van der Waals surface area contributed by atoms with Gasteiger partial charge in [0, 0.05) is 21.9 Å². The number of hydrogen-bond donors (Lipinski definition) is 0. The third-order valence-electron chi connectivity index (χ3n) is 2.14. The molecular weight excluding hydrogens is 287 g/mol. The maximum atomic E-state index is 4.27. The Labute approximate surface area is 97.1 Å². The van der Waals surface area contributed by atoms with Crippen LogP contribution in [0, 0.1) is 3.57 Å². The predicted molar refractivity (Wildman–Crippen MR) is 66.1 cm³/mol. The van der Waals surface area contributed by atoms with E-state index in [0.29, 0.717) is 0 Å². The minimum absolute atomic E-state index is 0.920. The molecule has 14 heavy (non-hydrogen) atoms. The first-order valence-electron chi connectivity index (χ1n) is 4.58. The van der Waals surface area contributed by atoms with Crippen LogP contribution in [0.25, 0.3) is 11.1 Å². The lowest BCUT2D eigenvalue weighted by Gasteiger charge is -1.99. The molecule has 0 fully saturated rings. The van der Waals surface area contributed by atoms with Gasteiger partial charge in [0.25, 0.3) is 0 Å². The van der Waals surface area contributed by atoms with Crippen LogP contribution in [0.3, 0.4) is 0 Å². The summed E-state index contributed by atoms with van der Waals surface area (Å²) in [6, 6.07) is 8.34. The molecule has 0 bridgehead atoms. The lowest BCUT2D eigenvalue weighted by molar-refractivity contribution is 0.660. The summed E-state index contributed by atoms with van der Waals surface area (Å²) < 4.78 is 3.21. The van der Waals surface area contributed by atoms with Crippen molar-refractivity contribution in [2.24, 2.45) is 0 Å². The van der Waals surface area contributed by atoms with Crippen molar-refractivity contribution in [3.8, 4) is 11.1 Å². The Morgan fingerprint density at radius 3 is 2.79 bits per heavy atom. The van der Waals surface area contributed by atoms with Crippen LogP contribution in [0.5, 0.6) is 0 Å². The molecule has 0 radical (unpaired) electrons. The zero-order valence-corrected chi connectivity index (χ0v) is 10.1. The minimum Gasteiger partial charge on any atom is -0.272 e. The van der Waals surface area contributed by atoms with Crippen LogP contribution in [-0.2, 0) is 6.54 Å². The number of aryl methyl sites for hydroxylation is 1. The summed E-state index contributed by atoms with van der Waals surface area (Å²) in [4.78, 5) is 0. The molecule has 72 valence electrons. The molecule has 0 saturated heterocycles. The summed E-state index contributed by atoms with van der Waals surface area (Å²) in [7, 11) is 0. The highest BCUT2D eigenvalue weighted by atomic mass is 127. The van der Waals surface area contributed by atoms with Crippen LogP contribution in [0.4, 0.5) is 0 Å². The van der Waals surface area contributed by atoms with Gasteiger partial charge >= 0.3 is 0 Å². The molecule has 0 saturated carbocycles. The summed E-state index contributed by atoms with van der Waals surface area (Å²) in [6.07, 6.45) is 4.00. The quantitative estimate of drug-likeness (QED) is 0.779. The first kappa shape index (κ1) is 9.71. The van der Waals surface area contributed by atoms with Crippen molar-refractivity contribution in [3.05, 3.63) is 40.2 Å². The van der Waals surface area contributed by atoms with Gasteiger partial charge in [0.05, 0.1) is 6.20 Å². The first-order chi connectivity index (χ1) is 6.81. The Hall–Kier alpha value is -0.840. The lowest BCUT2D eigenvalue weighted by atomic mass is 10.1. The summed E-state index contributed by atoms with van der Waals surface area (Å²) in [5.41, 5.74) is 2.45. The van der Waals surface area contributed by atoms with E-state index in [1.807, 2.05) is 10.9 Å². The molecule has 0 spiro atoms. The topological polar surface area (TPSA) is 17.8 Å². The van der Waals surface area contributed by atoms with Crippen molar-refractivity contribution in [2.45, 2.75) is 13.5 Å². The molecular formula is C11H11IN2. The number of hydrogen-bond acceptors (Lipinski definition) is 1. The van der Waals surface area contributed by atoms with Gasteiger partial charge in [-0.1, -0.05) is 18.2 Å². The Morgan fingerprint density at radius 1 is 1.36 bits per heavy atom. The standard InChI is InChI=1S/C11H11IN2/c1-2-14-8-9(7-13-14)10-5-3-4-6-11(10)12/h3-8H,2H2,1H3. The number of halogens is 1. The smallest absolute Gasteiger partial charge is 0.0568 e. The molecule has 0 unspecified atom stereocenters. The molecule has 0 aliphatic heterocycles. The van der Waals surface area contributed by atoms with Gasteiger partial charge in [-0.3, -0.25) is 4.68 Å². The molecule has 0 amide bonds. The van der Waals surface area contributed by atoms with Crippen LogP contribution >= 0.6 is 22.6 Å². The van der Waals surface area contributed by atoms with Crippen molar-refractivity contribution < 1.29 is 0 Å². The Balaban J connectivity index is 2.44. The van der Waals surface area contributed by atoms with E-state index < -0.39 is 0 Å². The fourth-order valence-corrected chi connectivity index (χ4v) is 2.07. The molecule has 0 aliphatic carbocycles. The van der Waals surface area contributed by atoms with Gasteiger partial charge in [-0.05, 0) is 41.1 Å². The van der Waals surface area contributed by atoms with Crippen LogP contribution in [0.1, 0.15) is 6.92 Å². The molecule has 1 aromatic heterocycles. The highest BCUT2D eigenvalue weighted by molar-refractivity contribution is 14.1. The second-order valence-electron chi connectivity index (χ2n) is 3.06. The third-order valence-corrected chi connectivity index (χ3v) is 3.08. The SMILES string of the molecule is CCn1cc(-c2ccccc2I)cn1. The van der Waals surface area contributed by atoms with Crippen molar-refractivity contribution in [1.82, 2.24) is 9.78 Å². The highest BCUT2D eigenvalue weighted by Gasteiger charge is 2.03. The number of nitrogens with zero attached hydrogens (tertiary/aromatic N) is 2. The van der Waals surface area contributed by atoms with Gasteiger partial charge < -0.3 is 0 Å². The van der Waals surface area contributed by atoms with Crippen LogP contribution < -0.4 is 0 Å². The van der Waals surface area contributed by atoms with E-state index in [1.165, 1.54) is 14.7 Å². The first-order valence-corrected chi connectivity index (χ1v) is 5.66. The molecule has 2 nitrogen and oxygen atoms in total. The van der Waals surface area contributed by atoms with Crippen molar-refractivity contribution in [2.75, 3.05) is 0 Å². The third kappa shape index (κ3) is 1.82. The van der Waals surface area contributed by atoms with Gasteiger partial charge in [-0.2, -0.15) is 5.10 Å². The van der Waals surface area contributed by atoms with Crippen LogP contribution in [0.2, 0.25) is 0 Å².